The Hall–Kier alpha value is -2.44. The molecule has 0 spiro atoms. The smallest absolute Gasteiger partial charge is 0.416 e. The molecule has 1 N–H and O–H groups in total. The molecule has 2 fully saturated rings. The molecule has 38 heavy (non-hydrogen) atoms. The molecule has 0 aromatic heterocycles. The number of hydrogen-bond donors (Lipinski definition) is 1. The quantitative estimate of drug-likeness (QED) is 0.421. The van der Waals surface area contributed by atoms with Gasteiger partial charge in [0.1, 0.15) is 23.8 Å². The number of rotatable bonds is 8. The minimum absolute atomic E-state index is 0.00926. The first-order valence-electron chi connectivity index (χ1n) is 11.9. The van der Waals surface area contributed by atoms with Crippen molar-refractivity contribution in [3.8, 4) is 5.75 Å². The number of ether oxygens (including phenoxy) is 1. The van der Waals surface area contributed by atoms with Gasteiger partial charge in [-0.2, -0.15) is 13.2 Å². The Labute approximate surface area is 222 Å². The molecule has 4 rings (SSSR count). The molecule has 1 saturated carbocycles. The van der Waals surface area contributed by atoms with Crippen molar-refractivity contribution in [1.29, 1.82) is 0 Å². The summed E-state index contributed by atoms with van der Waals surface area (Å²) in [6.07, 6.45) is -2.10. The number of carbonyl (C=O) groups is 1. The number of alkyl halides is 4. The molecule has 0 radical (unpaired) electrons. The van der Waals surface area contributed by atoms with Crippen molar-refractivity contribution >= 4 is 27.5 Å². The van der Waals surface area contributed by atoms with Crippen molar-refractivity contribution in [2.24, 2.45) is 0 Å². The number of benzene rings is 2. The summed E-state index contributed by atoms with van der Waals surface area (Å²) in [7, 11) is -3.89. The Morgan fingerprint density at radius 3 is 2.42 bits per heavy atom. The first kappa shape index (κ1) is 28.6. The van der Waals surface area contributed by atoms with Crippen molar-refractivity contribution in [1.82, 2.24) is 9.62 Å². The third-order valence-corrected chi connectivity index (χ3v) is 7.57. The van der Waals surface area contributed by atoms with Crippen LogP contribution in [0.4, 0.5) is 22.0 Å². The highest BCUT2D eigenvalue weighted by Crippen LogP contribution is 2.45. The second-order valence-electron chi connectivity index (χ2n) is 9.87. The van der Waals surface area contributed by atoms with Gasteiger partial charge in [0.15, 0.2) is 0 Å². The molecule has 13 heteroatoms. The molecule has 0 bridgehead atoms. The first-order valence-corrected chi connectivity index (χ1v) is 14.2. The number of sulfonamides is 1. The zero-order valence-electron chi connectivity index (χ0n) is 20.4. The molecule has 208 valence electrons. The molecular weight excluding hydrogens is 555 g/mol. The van der Waals surface area contributed by atoms with E-state index in [4.69, 9.17) is 16.3 Å². The van der Waals surface area contributed by atoms with Gasteiger partial charge in [-0.15, -0.1) is 0 Å². The van der Waals surface area contributed by atoms with Crippen molar-refractivity contribution < 1.29 is 39.9 Å². The van der Waals surface area contributed by atoms with E-state index in [0.717, 1.165) is 37.3 Å². The predicted octanol–water partition coefficient (Wildman–Crippen LogP) is 5.45. The summed E-state index contributed by atoms with van der Waals surface area (Å²) in [5.41, 5.74) is -2.20. The molecule has 0 unspecified atom stereocenters. The minimum Gasteiger partial charge on any atom is -0.490 e. The van der Waals surface area contributed by atoms with Gasteiger partial charge in [0.25, 0.3) is 5.91 Å². The van der Waals surface area contributed by atoms with Gasteiger partial charge >= 0.3 is 6.18 Å². The summed E-state index contributed by atoms with van der Waals surface area (Å²) in [6, 6.07) is 5.32. The SMILES string of the molecule is CS(=O)(=O)NC(=O)c1cc(C2CC2)c(OCC2(F)CCN(Cc3cc(C(F)(F)F)ccc3Cl)CC2)cc1F. The molecule has 6 nitrogen and oxygen atoms in total. The Morgan fingerprint density at radius 1 is 1.18 bits per heavy atom. The van der Waals surface area contributed by atoms with E-state index < -0.39 is 44.7 Å². The van der Waals surface area contributed by atoms with Crippen LogP contribution in [0.1, 0.15) is 58.6 Å². The lowest BCUT2D eigenvalue weighted by Gasteiger charge is -2.36. The summed E-state index contributed by atoms with van der Waals surface area (Å²) < 4.78 is 99.5. The van der Waals surface area contributed by atoms with Crippen molar-refractivity contribution in [3.05, 3.63) is 63.4 Å². The highest BCUT2D eigenvalue weighted by atomic mass is 35.5. The third kappa shape index (κ3) is 7.15. The van der Waals surface area contributed by atoms with E-state index in [0.29, 0.717) is 11.1 Å². The van der Waals surface area contributed by atoms with Crippen molar-refractivity contribution in [2.45, 2.75) is 50.0 Å². The first-order chi connectivity index (χ1) is 17.6. The van der Waals surface area contributed by atoms with E-state index in [9.17, 15) is 30.8 Å². The van der Waals surface area contributed by atoms with E-state index >= 15 is 4.39 Å². The third-order valence-electron chi connectivity index (χ3n) is 6.64. The average Bonchev–Trinajstić information content (AvgIpc) is 3.64. The molecule has 1 saturated heterocycles. The predicted molar refractivity (Wildman–Crippen MR) is 131 cm³/mol. The van der Waals surface area contributed by atoms with Gasteiger partial charge in [-0.1, -0.05) is 11.6 Å². The van der Waals surface area contributed by atoms with Gasteiger partial charge in [0.05, 0.1) is 17.4 Å². The molecule has 1 heterocycles. The molecule has 1 amide bonds. The van der Waals surface area contributed by atoms with Gasteiger partial charge in [0.2, 0.25) is 10.0 Å². The van der Waals surface area contributed by atoms with E-state index in [1.54, 1.807) is 4.72 Å². The Morgan fingerprint density at radius 2 is 1.84 bits per heavy atom. The average molecular weight is 581 g/mol. The molecule has 2 aliphatic rings. The normalized spacial score (nSPS) is 18.3. The number of hydrogen-bond acceptors (Lipinski definition) is 5. The lowest BCUT2D eigenvalue weighted by atomic mass is 9.93. The fraction of sp³-hybridized carbons (Fsp3) is 0.480. The topological polar surface area (TPSA) is 75.7 Å². The van der Waals surface area contributed by atoms with Crippen LogP contribution in [-0.4, -0.2) is 50.8 Å². The van der Waals surface area contributed by atoms with Gasteiger partial charge in [-0.3, -0.25) is 9.69 Å². The van der Waals surface area contributed by atoms with Crippen LogP contribution >= 0.6 is 11.6 Å². The van der Waals surface area contributed by atoms with Crippen LogP contribution < -0.4 is 9.46 Å². The van der Waals surface area contributed by atoms with Crippen LogP contribution in [0, 0.1) is 5.82 Å². The largest absolute Gasteiger partial charge is 0.490 e. The molecule has 0 atom stereocenters. The highest BCUT2D eigenvalue weighted by Gasteiger charge is 2.37. The number of halogens is 6. The second-order valence-corrected chi connectivity index (χ2v) is 12.0. The summed E-state index contributed by atoms with van der Waals surface area (Å²) in [5, 5.41) is 0.196. The van der Waals surface area contributed by atoms with Gasteiger partial charge in [0, 0.05) is 30.7 Å². The Balaban J connectivity index is 1.40. The van der Waals surface area contributed by atoms with Crippen LogP contribution in [0.3, 0.4) is 0 Å². The highest BCUT2D eigenvalue weighted by molar-refractivity contribution is 7.89. The monoisotopic (exact) mass is 580 g/mol. The van der Waals surface area contributed by atoms with Crippen LogP contribution in [0.15, 0.2) is 30.3 Å². The van der Waals surface area contributed by atoms with Crippen LogP contribution in [0.25, 0.3) is 0 Å². The summed E-state index contributed by atoms with van der Waals surface area (Å²) in [5.74, 6) is -2.01. The zero-order chi connectivity index (χ0) is 27.9. The maximum absolute atomic E-state index is 15.6. The maximum atomic E-state index is 15.6. The van der Waals surface area contributed by atoms with Crippen LogP contribution in [0.2, 0.25) is 5.02 Å². The van der Waals surface area contributed by atoms with E-state index in [1.165, 1.54) is 12.1 Å². The number of nitrogens with zero attached hydrogens (tertiary/aromatic N) is 1. The molecule has 2 aromatic rings. The summed E-state index contributed by atoms with van der Waals surface area (Å²) in [6.45, 7) is 0.259. The molecule has 2 aromatic carbocycles. The Bertz CT molecular complexity index is 1320. The minimum atomic E-state index is -4.50. The van der Waals surface area contributed by atoms with Gasteiger partial charge in [-0.05, 0) is 67.0 Å². The van der Waals surface area contributed by atoms with Crippen LogP contribution in [0.5, 0.6) is 5.75 Å². The van der Waals surface area contributed by atoms with E-state index in [2.05, 4.69) is 0 Å². The fourth-order valence-corrected chi connectivity index (χ4v) is 5.01. The summed E-state index contributed by atoms with van der Waals surface area (Å²) >= 11 is 6.09. The Kier molecular flexibility index (Phi) is 7.98. The number of carbonyl (C=O) groups excluding carboxylic acids is 1. The van der Waals surface area contributed by atoms with E-state index in [1.807, 2.05) is 4.90 Å². The van der Waals surface area contributed by atoms with Crippen LogP contribution in [-0.2, 0) is 22.7 Å². The van der Waals surface area contributed by atoms with Gasteiger partial charge < -0.3 is 4.74 Å². The maximum Gasteiger partial charge on any atom is 0.416 e. The molecular formula is C25H26ClF5N2O4S. The molecule has 1 aliphatic carbocycles. The van der Waals surface area contributed by atoms with E-state index in [-0.39, 0.29) is 55.8 Å². The van der Waals surface area contributed by atoms with Crippen molar-refractivity contribution in [2.75, 3.05) is 26.0 Å². The second kappa shape index (κ2) is 10.6. The van der Waals surface area contributed by atoms with Crippen molar-refractivity contribution in [3.63, 3.8) is 0 Å². The number of nitrogens with one attached hydrogen (secondary N) is 1. The number of amides is 1. The lowest BCUT2D eigenvalue weighted by Crippen LogP contribution is -2.44. The lowest BCUT2D eigenvalue weighted by molar-refractivity contribution is -0.137. The molecule has 1 aliphatic heterocycles. The van der Waals surface area contributed by atoms with Gasteiger partial charge in [-0.25, -0.2) is 21.9 Å². The summed E-state index contributed by atoms with van der Waals surface area (Å²) in [4.78, 5) is 14.0. The number of piperidine rings is 1. The number of likely N-dealkylation sites (tertiary alicyclic amines) is 1. The standard InChI is InChI=1S/C25H26ClF5N2O4S/c1-38(35,36)32-23(34)19-11-18(15-2-3-15)22(12-21(19)27)37-14-24(28)6-8-33(9-7-24)13-16-10-17(25(29,30)31)4-5-20(16)26/h4-5,10-12,15H,2-3,6-9,13-14H2,1H3,(H,32,34). The zero-order valence-corrected chi connectivity index (χ0v) is 21.9. The fourth-order valence-electron chi connectivity index (χ4n) is 4.38.